The molecule has 6 heterocycles. The zero-order chi connectivity index (χ0) is 42.4. The van der Waals surface area contributed by atoms with Crippen LogP contribution >= 0.6 is 0 Å². The van der Waals surface area contributed by atoms with E-state index in [1.165, 1.54) is 14.2 Å². The molecule has 2 aliphatic rings. The number of methoxy groups -OCH3 is 2. The molecular weight excluding hydrogens is 765 g/mol. The van der Waals surface area contributed by atoms with Crippen molar-refractivity contribution in [2.45, 2.75) is 84.5 Å². The van der Waals surface area contributed by atoms with Crippen molar-refractivity contribution in [1.29, 1.82) is 0 Å². The van der Waals surface area contributed by atoms with Crippen LogP contribution in [0.3, 0.4) is 0 Å². The second-order valence-electron chi connectivity index (χ2n) is 16.5. The second-order valence-corrected chi connectivity index (χ2v) is 16.5. The van der Waals surface area contributed by atoms with Crippen LogP contribution in [0.2, 0.25) is 0 Å². The van der Waals surface area contributed by atoms with Crippen LogP contribution in [0, 0.1) is 18.8 Å². The van der Waals surface area contributed by atoms with Gasteiger partial charge in [0.25, 0.3) is 0 Å². The van der Waals surface area contributed by atoms with Gasteiger partial charge in [-0.05, 0) is 68.7 Å². The Kier molecular flexibility index (Phi) is 11.0. The third-order valence-electron chi connectivity index (χ3n) is 12.0. The summed E-state index contributed by atoms with van der Waals surface area (Å²) in [4.78, 5) is 76.5. The Morgan fingerprint density at radius 1 is 0.717 bits per heavy atom. The third-order valence-corrected chi connectivity index (χ3v) is 12.0. The number of imidazole rings is 2. The molecule has 16 nitrogen and oxygen atoms in total. The monoisotopic (exact) mass is 816 g/mol. The predicted octanol–water partition coefficient (Wildman–Crippen LogP) is 6.82. The fraction of sp³-hybridized carbons (Fsp3) is 0.432. The van der Waals surface area contributed by atoms with Gasteiger partial charge in [-0.1, -0.05) is 45.9 Å². The average Bonchev–Trinajstić information content (AvgIpc) is 4.09. The minimum absolute atomic E-state index is 0.117. The molecule has 2 aliphatic heterocycles. The van der Waals surface area contributed by atoms with Crippen molar-refractivity contribution in [3.05, 3.63) is 72.3 Å². The first-order valence-corrected chi connectivity index (χ1v) is 20.6. The third kappa shape index (κ3) is 7.39. The van der Waals surface area contributed by atoms with Crippen molar-refractivity contribution in [2.24, 2.45) is 11.8 Å². The number of alkyl carbamates (subject to hydrolysis) is 2. The van der Waals surface area contributed by atoms with Crippen LogP contribution in [0.1, 0.15) is 82.9 Å². The summed E-state index contributed by atoms with van der Waals surface area (Å²) in [5.74, 6) is 1.73. The van der Waals surface area contributed by atoms with E-state index >= 15 is 0 Å². The molecule has 60 heavy (non-hydrogen) atoms. The lowest BCUT2D eigenvalue weighted by Crippen LogP contribution is -2.51. The molecule has 0 radical (unpaired) electrons. The Balaban J connectivity index is 1.04. The van der Waals surface area contributed by atoms with Crippen LogP contribution < -0.4 is 10.6 Å². The molecule has 4 aromatic heterocycles. The molecule has 314 valence electrons. The number of likely N-dealkylation sites (tertiary alicyclic amines) is 2. The summed E-state index contributed by atoms with van der Waals surface area (Å²) in [6, 6.07) is 12.8. The number of aromatic amines is 2. The number of nitrogens with one attached hydrogen (secondary N) is 4. The summed E-state index contributed by atoms with van der Waals surface area (Å²) in [5.41, 5.74) is 6.48. The molecule has 0 spiro atoms. The SMILES string of the molecule is COC(=O)N[C@H](C(=O)N1CCC[C@H]1c1ncc(-c2ccc3c(c2)cc2c4ccc(-c5cnc([C@@H]6CCCN6C(=O)[C@@H](NC(=O)OC)C(C)C)[nH]5)cc4nc(C)n32)[nH]1)C(C)C. The molecule has 6 aromatic rings. The van der Waals surface area contributed by atoms with Crippen LogP contribution in [0.25, 0.3) is 49.8 Å². The van der Waals surface area contributed by atoms with Crippen LogP contribution in [-0.4, -0.2) is 103 Å². The van der Waals surface area contributed by atoms with Gasteiger partial charge in [-0.15, -0.1) is 0 Å². The maximum atomic E-state index is 13.7. The van der Waals surface area contributed by atoms with E-state index in [1.807, 2.05) is 50.6 Å². The average molecular weight is 817 g/mol. The molecular formula is C44H52N10O6. The normalized spacial score (nSPS) is 17.9. The first-order valence-electron chi connectivity index (χ1n) is 20.6. The number of H-pyrrole nitrogens is 2. The number of rotatable bonds is 10. The summed E-state index contributed by atoms with van der Waals surface area (Å²) in [7, 11) is 2.58. The second kappa shape index (κ2) is 16.3. The molecule has 0 unspecified atom stereocenters. The number of aromatic nitrogens is 6. The summed E-state index contributed by atoms with van der Waals surface area (Å²) in [6.45, 7) is 10.8. The minimum atomic E-state index is -0.704. The number of carbonyl (C=O) groups excluding carboxylic acids is 4. The van der Waals surface area contributed by atoms with E-state index < -0.39 is 24.3 Å². The van der Waals surface area contributed by atoms with Crippen molar-refractivity contribution in [2.75, 3.05) is 27.3 Å². The van der Waals surface area contributed by atoms with Crippen molar-refractivity contribution in [3.63, 3.8) is 0 Å². The number of aryl methyl sites for hydroxylation is 1. The number of hydrogen-bond acceptors (Lipinski definition) is 9. The highest BCUT2D eigenvalue weighted by atomic mass is 16.5. The van der Waals surface area contributed by atoms with E-state index in [-0.39, 0.29) is 35.7 Å². The molecule has 8 rings (SSSR count). The van der Waals surface area contributed by atoms with Crippen molar-refractivity contribution in [3.8, 4) is 22.5 Å². The maximum absolute atomic E-state index is 13.7. The quantitative estimate of drug-likeness (QED) is 0.115. The highest BCUT2D eigenvalue weighted by Crippen LogP contribution is 2.36. The Labute approximate surface area is 347 Å². The van der Waals surface area contributed by atoms with Crippen molar-refractivity contribution in [1.82, 2.24) is 49.8 Å². The molecule has 2 aromatic carbocycles. The predicted molar refractivity (Wildman–Crippen MR) is 226 cm³/mol. The summed E-state index contributed by atoms with van der Waals surface area (Å²) >= 11 is 0. The number of nitrogens with zero attached hydrogens (tertiary/aromatic N) is 6. The van der Waals surface area contributed by atoms with E-state index in [4.69, 9.17) is 24.4 Å². The van der Waals surface area contributed by atoms with Gasteiger partial charge in [0.1, 0.15) is 29.6 Å². The van der Waals surface area contributed by atoms with Crippen LogP contribution in [0.5, 0.6) is 0 Å². The standard InChI is InChI=1S/C44H52N10O6/c1-23(2)37(50-43(57)59-6)41(55)52-16-8-10-34(52)39-45-21-31(48-39)26-13-15-33-28(18-26)20-36-29-14-12-27(19-30(29)47-25(5)54(33)36)32-22-46-40(49-32)35-11-9-17-53(35)42(56)38(24(3)4)51-44(58)60-7/h12-15,18-24,34-35,37-38H,8-11,16-17H2,1-7H3,(H,45,48)(H,46,49)(H,50,57)(H,51,58)/t34-,35-,37-,38-/m0/s1. The molecule has 16 heteroatoms. The topological polar surface area (TPSA) is 192 Å². The zero-order valence-corrected chi connectivity index (χ0v) is 35.0. The minimum Gasteiger partial charge on any atom is -0.453 e. The van der Waals surface area contributed by atoms with Crippen molar-refractivity contribution < 1.29 is 28.7 Å². The highest BCUT2D eigenvalue weighted by Gasteiger charge is 2.39. The number of fused-ring (bicyclic) bond motifs is 5. The maximum Gasteiger partial charge on any atom is 0.407 e. The first-order chi connectivity index (χ1) is 28.9. The van der Waals surface area contributed by atoms with Gasteiger partial charge in [-0.3, -0.25) is 14.0 Å². The van der Waals surface area contributed by atoms with Gasteiger partial charge in [-0.2, -0.15) is 0 Å². The van der Waals surface area contributed by atoms with E-state index in [0.717, 1.165) is 81.3 Å². The Morgan fingerprint density at radius 3 is 1.75 bits per heavy atom. The van der Waals surface area contributed by atoms with Gasteiger partial charge in [0.05, 0.1) is 66.6 Å². The Bertz CT molecular complexity index is 2610. The smallest absolute Gasteiger partial charge is 0.407 e. The van der Waals surface area contributed by atoms with Gasteiger partial charge < -0.3 is 39.9 Å². The lowest BCUT2D eigenvalue weighted by Gasteiger charge is -2.30. The largest absolute Gasteiger partial charge is 0.453 e. The van der Waals surface area contributed by atoms with Crippen LogP contribution in [-0.2, 0) is 19.1 Å². The van der Waals surface area contributed by atoms with E-state index in [9.17, 15) is 19.2 Å². The van der Waals surface area contributed by atoms with Gasteiger partial charge in [0, 0.05) is 35.0 Å². The molecule has 4 N–H and O–H groups in total. The van der Waals surface area contributed by atoms with Crippen molar-refractivity contribution >= 4 is 51.3 Å². The number of ether oxygens (including phenoxy) is 2. The lowest BCUT2D eigenvalue weighted by molar-refractivity contribution is -0.136. The molecule has 4 atom stereocenters. The Morgan fingerprint density at radius 2 is 1.23 bits per heavy atom. The molecule has 2 fully saturated rings. The van der Waals surface area contributed by atoms with Crippen LogP contribution in [0.4, 0.5) is 9.59 Å². The number of hydrogen-bond donors (Lipinski definition) is 4. The molecule has 0 bridgehead atoms. The van der Waals surface area contributed by atoms with E-state index in [1.54, 1.807) is 6.20 Å². The molecule has 0 saturated carbocycles. The van der Waals surface area contributed by atoms with Gasteiger partial charge in [-0.25, -0.2) is 24.5 Å². The fourth-order valence-electron chi connectivity index (χ4n) is 8.85. The lowest BCUT2D eigenvalue weighted by atomic mass is 10.0. The van der Waals surface area contributed by atoms with Gasteiger partial charge in [0.15, 0.2) is 0 Å². The van der Waals surface area contributed by atoms with Gasteiger partial charge >= 0.3 is 12.2 Å². The number of benzene rings is 2. The van der Waals surface area contributed by atoms with E-state index in [0.29, 0.717) is 24.7 Å². The highest BCUT2D eigenvalue weighted by molar-refractivity contribution is 6.03. The summed E-state index contributed by atoms with van der Waals surface area (Å²) in [5, 5.41) is 7.47. The zero-order valence-electron chi connectivity index (χ0n) is 35.0. The van der Waals surface area contributed by atoms with E-state index in [2.05, 4.69) is 67.5 Å². The summed E-state index contributed by atoms with van der Waals surface area (Å²) in [6.07, 6.45) is 5.56. The number of amides is 4. The Hall–Kier alpha value is -6.45. The number of carbonyl (C=O) groups is 4. The summed E-state index contributed by atoms with van der Waals surface area (Å²) < 4.78 is 11.7. The fourth-order valence-corrected chi connectivity index (χ4v) is 8.85. The van der Waals surface area contributed by atoms with Crippen LogP contribution in [0.15, 0.2) is 54.9 Å². The van der Waals surface area contributed by atoms with Gasteiger partial charge in [0.2, 0.25) is 11.8 Å². The molecule has 4 amide bonds. The molecule has 0 aliphatic carbocycles. The molecule has 2 saturated heterocycles. The first kappa shape index (κ1) is 40.3.